The molecule has 3 atom stereocenters. The molecule has 3 amide bonds. The number of hydrogen-bond donors (Lipinski definition) is 5. The molecule has 12 heteroatoms. The average molecular weight is 518 g/mol. The third kappa shape index (κ3) is 9.15. The van der Waals surface area contributed by atoms with Gasteiger partial charge in [0.2, 0.25) is 17.7 Å². The van der Waals surface area contributed by atoms with Crippen LogP contribution in [0.15, 0.2) is 36.4 Å². The fraction of sp³-hybridized carbons (Fsp3) is 0.440. The van der Waals surface area contributed by atoms with Crippen molar-refractivity contribution in [1.29, 1.82) is 0 Å². The molecule has 0 saturated carbocycles. The average Bonchev–Trinajstić information content (AvgIpc) is 3.37. The van der Waals surface area contributed by atoms with Gasteiger partial charge in [0.15, 0.2) is 0 Å². The quantitative estimate of drug-likeness (QED) is 0.339. The van der Waals surface area contributed by atoms with Gasteiger partial charge in [-0.25, -0.2) is 4.98 Å². The first-order chi connectivity index (χ1) is 17.6. The minimum atomic E-state index is -0.685. The van der Waals surface area contributed by atoms with Crippen molar-refractivity contribution < 1.29 is 34.2 Å². The number of benzene rings is 1. The van der Waals surface area contributed by atoms with Crippen LogP contribution in [0.4, 0.5) is 5.82 Å². The number of pyridine rings is 1. The van der Waals surface area contributed by atoms with Crippen LogP contribution in [0.5, 0.6) is 0 Å². The van der Waals surface area contributed by atoms with Crippen LogP contribution in [0.1, 0.15) is 33.6 Å². The van der Waals surface area contributed by atoms with Crippen LogP contribution in [0, 0.1) is 5.92 Å². The molecule has 3 rings (SSSR count). The molecule has 0 aliphatic carbocycles. The number of rotatable bonds is 7. The molecule has 12 nitrogen and oxygen atoms in total. The molecule has 1 aromatic carbocycles. The zero-order chi connectivity index (χ0) is 28.0. The maximum Gasteiger partial charge on any atom is 0.290 e. The second-order valence-electron chi connectivity index (χ2n) is 8.52. The molecule has 2 heterocycles. The largest absolute Gasteiger partial charge is 0.483 e. The Labute approximate surface area is 215 Å². The van der Waals surface area contributed by atoms with Gasteiger partial charge in [0, 0.05) is 11.9 Å². The molecule has 1 aliphatic heterocycles. The number of carbonyl (C=O) groups excluding carboxylic acids is 3. The standard InChI is InChI=1S/C23H31N5O3.2CH2O2/c1-14(2)20(27-21(29)15(3)24-4)23(31)28-13-7-10-18(28)22(30)26-19-12-11-16-8-5-6-9-17(16)25-19;2*2-1-3/h5-6,8-9,11-12,14-15,18,20,24H,7,10,13H2,1-4H3,(H,27,29)(H,25,26,30);2*1H,(H,2,3)/t15-,18-,20-;;/m0../s1. The number of anilines is 1. The van der Waals surface area contributed by atoms with Crippen molar-refractivity contribution in [2.75, 3.05) is 18.9 Å². The summed E-state index contributed by atoms with van der Waals surface area (Å²) in [5.74, 6) is -0.372. The third-order valence-electron chi connectivity index (χ3n) is 5.74. The second kappa shape index (κ2) is 15.8. The van der Waals surface area contributed by atoms with Crippen molar-refractivity contribution in [3.8, 4) is 0 Å². The summed E-state index contributed by atoms with van der Waals surface area (Å²) in [6.07, 6.45) is 1.32. The van der Waals surface area contributed by atoms with Gasteiger partial charge in [-0.05, 0) is 50.9 Å². The van der Waals surface area contributed by atoms with Crippen molar-refractivity contribution in [3.63, 3.8) is 0 Å². The van der Waals surface area contributed by atoms with Gasteiger partial charge in [-0.1, -0.05) is 32.0 Å². The number of nitrogens with one attached hydrogen (secondary N) is 3. The topological polar surface area (TPSA) is 178 Å². The van der Waals surface area contributed by atoms with Crippen LogP contribution in [0.25, 0.3) is 10.9 Å². The molecule has 37 heavy (non-hydrogen) atoms. The first-order valence-corrected chi connectivity index (χ1v) is 11.8. The van der Waals surface area contributed by atoms with Crippen LogP contribution >= 0.6 is 0 Å². The van der Waals surface area contributed by atoms with Gasteiger partial charge in [0.1, 0.15) is 17.9 Å². The van der Waals surface area contributed by atoms with Crippen molar-refractivity contribution in [2.45, 2.75) is 51.7 Å². The van der Waals surface area contributed by atoms with Crippen LogP contribution in [0.2, 0.25) is 0 Å². The smallest absolute Gasteiger partial charge is 0.290 e. The molecule has 2 aromatic rings. The van der Waals surface area contributed by atoms with E-state index >= 15 is 0 Å². The van der Waals surface area contributed by atoms with E-state index in [1.54, 1.807) is 24.9 Å². The summed E-state index contributed by atoms with van der Waals surface area (Å²) in [5, 5.41) is 23.3. The monoisotopic (exact) mass is 517 g/mol. The SMILES string of the molecule is CN[C@@H](C)C(=O)N[C@H](C(=O)N1CCC[C@H]1C(=O)Nc1ccc2ccccc2n1)C(C)C.O=CO.O=CO. The predicted octanol–water partition coefficient (Wildman–Crippen LogP) is 1.31. The lowest BCUT2D eigenvalue weighted by atomic mass is 10.0. The van der Waals surface area contributed by atoms with Gasteiger partial charge < -0.3 is 31.1 Å². The van der Waals surface area contributed by atoms with Gasteiger partial charge in [-0.15, -0.1) is 0 Å². The highest BCUT2D eigenvalue weighted by Gasteiger charge is 2.39. The van der Waals surface area contributed by atoms with E-state index in [2.05, 4.69) is 20.9 Å². The van der Waals surface area contributed by atoms with Crippen molar-refractivity contribution in [1.82, 2.24) is 20.5 Å². The number of hydrogen-bond acceptors (Lipinski definition) is 7. The Hall–Kier alpha value is -4.06. The Kier molecular flexibility index (Phi) is 13.3. The van der Waals surface area contributed by atoms with Crippen molar-refractivity contribution in [2.24, 2.45) is 5.92 Å². The predicted molar refractivity (Wildman–Crippen MR) is 138 cm³/mol. The highest BCUT2D eigenvalue weighted by molar-refractivity contribution is 5.99. The first-order valence-electron chi connectivity index (χ1n) is 11.8. The number of nitrogens with zero attached hydrogens (tertiary/aromatic N) is 2. The summed E-state index contributed by atoms with van der Waals surface area (Å²) in [6.45, 7) is 5.50. The van der Waals surface area contributed by atoms with Crippen LogP contribution in [-0.2, 0) is 24.0 Å². The molecule has 5 N–H and O–H groups in total. The molecule has 0 unspecified atom stereocenters. The van der Waals surface area contributed by atoms with Gasteiger partial charge in [-0.2, -0.15) is 0 Å². The first kappa shape index (κ1) is 31.0. The number of likely N-dealkylation sites (N-methyl/N-ethyl adjacent to an activating group) is 1. The lowest BCUT2D eigenvalue weighted by Gasteiger charge is -2.31. The Morgan fingerprint density at radius 3 is 2.27 bits per heavy atom. The van der Waals surface area contributed by atoms with Crippen LogP contribution in [0.3, 0.4) is 0 Å². The summed E-state index contributed by atoms with van der Waals surface area (Å²) < 4.78 is 0. The number of fused-ring (bicyclic) bond motifs is 1. The van der Waals surface area contributed by atoms with E-state index in [0.29, 0.717) is 18.8 Å². The Morgan fingerprint density at radius 2 is 1.68 bits per heavy atom. The van der Waals surface area contributed by atoms with Gasteiger partial charge in [0.05, 0.1) is 11.6 Å². The Morgan fingerprint density at radius 1 is 1.05 bits per heavy atom. The lowest BCUT2D eigenvalue weighted by Crippen LogP contribution is -2.56. The molecule has 0 bridgehead atoms. The van der Waals surface area contributed by atoms with E-state index < -0.39 is 18.1 Å². The van der Waals surface area contributed by atoms with Crippen molar-refractivity contribution in [3.05, 3.63) is 36.4 Å². The van der Waals surface area contributed by atoms with E-state index in [1.165, 1.54) is 0 Å². The van der Waals surface area contributed by atoms with Crippen molar-refractivity contribution >= 4 is 47.4 Å². The molecule has 1 fully saturated rings. The van der Waals surface area contributed by atoms with Gasteiger partial charge in [0.25, 0.3) is 12.9 Å². The minimum Gasteiger partial charge on any atom is -0.483 e. The number of para-hydroxylation sites is 1. The fourth-order valence-corrected chi connectivity index (χ4v) is 3.75. The normalized spacial score (nSPS) is 15.8. The van der Waals surface area contributed by atoms with Gasteiger partial charge in [-0.3, -0.25) is 24.0 Å². The Balaban J connectivity index is 0.00000104. The molecule has 1 aromatic heterocycles. The maximum absolute atomic E-state index is 13.3. The van der Waals surface area contributed by atoms with Crippen LogP contribution < -0.4 is 16.0 Å². The fourth-order valence-electron chi connectivity index (χ4n) is 3.75. The van der Waals surface area contributed by atoms with E-state index in [9.17, 15) is 14.4 Å². The maximum atomic E-state index is 13.3. The number of aromatic nitrogens is 1. The number of carbonyl (C=O) groups is 5. The Bertz CT molecular complexity index is 1060. The molecule has 0 spiro atoms. The number of likely N-dealkylation sites (tertiary alicyclic amines) is 1. The summed E-state index contributed by atoms with van der Waals surface area (Å²) >= 11 is 0. The summed E-state index contributed by atoms with van der Waals surface area (Å²) in [7, 11) is 1.69. The molecular formula is C25H35N5O7. The summed E-state index contributed by atoms with van der Waals surface area (Å²) in [6, 6.07) is 9.67. The third-order valence-corrected chi connectivity index (χ3v) is 5.74. The van der Waals surface area contributed by atoms with E-state index in [4.69, 9.17) is 19.8 Å². The molecule has 0 radical (unpaired) electrons. The van der Waals surface area contributed by atoms with E-state index in [-0.39, 0.29) is 36.6 Å². The minimum absolute atomic E-state index is 0.105. The second-order valence-corrected chi connectivity index (χ2v) is 8.52. The molecule has 202 valence electrons. The highest BCUT2D eigenvalue weighted by atomic mass is 16.3. The number of carboxylic acid groups (broad SMARTS) is 2. The zero-order valence-electron chi connectivity index (χ0n) is 21.4. The summed E-state index contributed by atoms with van der Waals surface area (Å²) in [5.41, 5.74) is 0.792. The number of amides is 3. The van der Waals surface area contributed by atoms with E-state index in [1.807, 2.05) is 44.2 Å². The lowest BCUT2D eigenvalue weighted by molar-refractivity contribution is -0.141. The molecule has 1 saturated heterocycles. The zero-order valence-corrected chi connectivity index (χ0v) is 21.4. The van der Waals surface area contributed by atoms with Crippen LogP contribution in [-0.4, -0.2) is 82.5 Å². The highest BCUT2D eigenvalue weighted by Crippen LogP contribution is 2.22. The van der Waals surface area contributed by atoms with Gasteiger partial charge >= 0.3 is 0 Å². The summed E-state index contributed by atoms with van der Waals surface area (Å²) in [4.78, 5) is 61.4. The van der Waals surface area contributed by atoms with E-state index in [0.717, 1.165) is 17.3 Å². The molecule has 1 aliphatic rings. The molecular weight excluding hydrogens is 482 g/mol.